The van der Waals surface area contributed by atoms with Crippen molar-refractivity contribution in [1.82, 2.24) is 5.32 Å². The van der Waals surface area contributed by atoms with E-state index in [1.54, 1.807) is 0 Å². The standard InChI is InChI=1S/C20H29NO5/c1-14-8-9-15(2)17(12-14)26-11-4-3-7-18(22)21-19(20(23)24)16-6-5-10-25-13-16/h8-9,12,16,19H,3-7,10-11,13H2,1-2H3,(H,21,22)(H,23,24). The smallest absolute Gasteiger partial charge is 0.326 e. The number of rotatable bonds is 9. The molecule has 1 saturated heterocycles. The molecule has 6 heteroatoms. The first-order chi connectivity index (χ1) is 12.5. The lowest BCUT2D eigenvalue weighted by Gasteiger charge is -2.28. The van der Waals surface area contributed by atoms with E-state index in [0.717, 1.165) is 36.1 Å². The van der Waals surface area contributed by atoms with Gasteiger partial charge in [0.2, 0.25) is 5.91 Å². The minimum atomic E-state index is -0.993. The molecule has 1 aliphatic rings. The number of carbonyl (C=O) groups excluding carboxylic acids is 1. The van der Waals surface area contributed by atoms with Crippen LogP contribution >= 0.6 is 0 Å². The molecule has 2 unspecified atom stereocenters. The van der Waals surface area contributed by atoms with Gasteiger partial charge in [-0.25, -0.2) is 4.79 Å². The molecule has 1 heterocycles. The van der Waals surface area contributed by atoms with Crippen molar-refractivity contribution in [1.29, 1.82) is 0 Å². The summed E-state index contributed by atoms with van der Waals surface area (Å²) >= 11 is 0. The molecular weight excluding hydrogens is 334 g/mol. The molecule has 144 valence electrons. The minimum absolute atomic E-state index is 0.155. The molecule has 1 aromatic carbocycles. The SMILES string of the molecule is Cc1ccc(C)c(OCCCCC(=O)NC(C(=O)O)C2CCCOC2)c1. The summed E-state index contributed by atoms with van der Waals surface area (Å²) in [6.45, 7) is 5.62. The summed E-state index contributed by atoms with van der Waals surface area (Å²) in [4.78, 5) is 23.5. The zero-order valence-corrected chi connectivity index (χ0v) is 15.6. The Morgan fingerprint density at radius 2 is 2.15 bits per heavy atom. The Kier molecular flexibility index (Phi) is 7.91. The summed E-state index contributed by atoms with van der Waals surface area (Å²) in [5.41, 5.74) is 2.24. The van der Waals surface area contributed by atoms with Gasteiger partial charge in [0.15, 0.2) is 0 Å². The number of carbonyl (C=O) groups is 2. The minimum Gasteiger partial charge on any atom is -0.493 e. The first-order valence-corrected chi connectivity index (χ1v) is 9.27. The van der Waals surface area contributed by atoms with Gasteiger partial charge in [-0.05, 0) is 56.7 Å². The predicted octanol–water partition coefficient (Wildman–Crippen LogP) is 2.85. The number of nitrogens with one attached hydrogen (secondary N) is 1. The van der Waals surface area contributed by atoms with E-state index in [-0.39, 0.29) is 11.8 Å². The Labute approximate surface area is 154 Å². The monoisotopic (exact) mass is 363 g/mol. The van der Waals surface area contributed by atoms with Gasteiger partial charge in [0.1, 0.15) is 11.8 Å². The molecule has 0 saturated carbocycles. The normalized spacial score (nSPS) is 18.2. The maximum absolute atomic E-state index is 12.1. The number of ether oxygens (including phenoxy) is 2. The highest BCUT2D eigenvalue weighted by atomic mass is 16.5. The van der Waals surface area contributed by atoms with Gasteiger partial charge >= 0.3 is 5.97 Å². The quantitative estimate of drug-likeness (QED) is 0.659. The Bertz CT molecular complexity index is 610. The van der Waals surface area contributed by atoms with Crippen LogP contribution in [0.1, 0.15) is 43.2 Å². The first-order valence-electron chi connectivity index (χ1n) is 9.27. The summed E-state index contributed by atoms with van der Waals surface area (Å²) in [5, 5.41) is 12.0. The molecule has 0 spiro atoms. The van der Waals surface area contributed by atoms with Gasteiger partial charge in [0.25, 0.3) is 0 Å². The highest BCUT2D eigenvalue weighted by Gasteiger charge is 2.31. The molecule has 2 N–H and O–H groups in total. The molecule has 6 nitrogen and oxygen atoms in total. The van der Waals surface area contributed by atoms with Crippen molar-refractivity contribution in [2.75, 3.05) is 19.8 Å². The van der Waals surface area contributed by atoms with E-state index in [2.05, 4.69) is 5.32 Å². The third kappa shape index (κ3) is 6.33. The van der Waals surface area contributed by atoms with Crippen LogP contribution in [0.5, 0.6) is 5.75 Å². The second-order valence-corrected chi connectivity index (χ2v) is 6.94. The number of carboxylic acid groups (broad SMARTS) is 1. The average molecular weight is 363 g/mol. The molecule has 0 aromatic heterocycles. The van der Waals surface area contributed by atoms with Crippen LogP contribution in [0.15, 0.2) is 18.2 Å². The van der Waals surface area contributed by atoms with Crippen LogP contribution in [0.2, 0.25) is 0 Å². The van der Waals surface area contributed by atoms with Gasteiger partial charge in [0, 0.05) is 18.9 Å². The van der Waals surface area contributed by atoms with Crippen molar-refractivity contribution >= 4 is 11.9 Å². The highest BCUT2D eigenvalue weighted by molar-refractivity contribution is 5.83. The summed E-state index contributed by atoms with van der Waals surface area (Å²) in [5.74, 6) is -0.502. The second kappa shape index (κ2) is 10.2. The van der Waals surface area contributed by atoms with Crippen LogP contribution in [0.4, 0.5) is 0 Å². The van der Waals surface area contributed by atoms with Gasteiger partial charge in [-0.2, -0.15) is 0 Å². The van der Waals surface area contributed by atoms with Gasteiger partial charge < -0.3 is 19.9 Å². The lowest BCUT2D eigenvalue weighted by atomic mass is 9.93. The molecular formula is C20H29NO5. The average Bonchev–Trinajstić information content (AvgIpc) is 2.62. The van der Waals surface area contributed by atoms with E-state index in [0.29, 0.717) is 32.7 Å². The molecule has 0 aliphatic carbocycles. The molecule has 1 fully saturated rings. The Balaban J connectivity index is 1.69. The zero-order chi connectivity index (χ0) is 18.9. The molecule has 0 radical (unpaired) electrons. The van der Waals surface area contributed by atoms with Crippen LogP contribution < -0.4 is 10.1 Å². The molecule has 2 rings (SSSR count). The van der Waals surface area contributed by atoms with Gasteiger partial charge in [-0.3, -0.25) is 4.79 Å². The van der Waals surface area contributed by atoms with E-state index in [1.165, 1.54) is 0 Å². The largest absolute Gasteiger partial charge is 0.493 e. The van der Waals surface area contributed by atoms with E-state index in [4.69, 9.17) is 9.47 Å². The predicted molar refractivity (Wildman–Crippen MR) is 98.4 cm³/mol. The lowest BCUT2D eigenvalue weighted by Crippen LogP contribution is -2.48. The number of hydrogen-bond acceptors (Lipinski definition) is 4. The summed E-state index contributed by atoms with van der Waals surface area (Å²) in [7, 11) is 0. The molecule has 1 amide bonds. The van der Waals surface area contributed by atoms with Crippen molar-refractivity contribution in [2.24, 2.45) is 5.92 Å². The van der Waals surface area contributed by atoms with Crippen molar-refractivity contribution in [3.8, 4) is 5.75 Å². The molecule has 0 bridgehead atoms. The van der Waals surface area contributed by atoms with Gasteiger partial charge in [0.05, 0.1) is 13.2 Å². The molecule has 1 aliphatic heterocycles. The summed E-state index contributed by atoms with van der Waals surface area (Å²) in [6.07, 6.45) is 3.30. The maximum Gasteiger partial charge on any atom is 0.326 e. The number of carboxylic acids is 1. The Hall–Kier alpha value is -2.08. The van der Waals surface area contributed by atoms with E-state index >= 15 is 0 Å². The zero-order valence-electron chi connectivity index (χ0n) is 15.6. The third-order valence-electron chi connectivity index (χ3n) is 4.65. The Morgan fingerprint density at radius 3 is 2.85 bits per heavy atom. The second-order valence-electron chi connectivity index (χ2n) is 6.94. The number of hydrogen-bond donors (Lipinski definition) is 2. The van der Waals surface area contributed by atoms with Crippen LogP contribution in [0.25, 0.3) is 0 Å². The third-order valence-corrected chi connectivity index (χ3v) is 4.65. The van der Waals surface area contributed by atoms with Crippen LogP contribution in [0, 0.1) is 19.8 Å². The van der Waals surface area contributed by atoms with Crippen LogP contribution in [-0.2, 0) is 14.3 Å². The number of aryl methyl sites for hydroxylation is 2. The molecule has 2 atom stereocenters. The number of amides is 1. The van der Waals surface area contributed by atoms with Crippen molar-refractivity contribution in [2.45, 2.75) is 52.0 Å². The summed E-state index contributed by atoms with van der Waals surface area (Å²) in [6, 6.07) is 5.21. The van der Waals surface area contributed by atoms with E-state index in [9.17, 15) is 14.7 Å². The lowest BCUT2D eigenvalue weighted by molar-refractivity contribution is -0.145. The molecule has 1 aromatic rings. The fraction of sp³-hybridized carbons (Fsp3) is 0.600. The van der Waals surface area contributed by atoms with E-state index in [1.807, 2.05) is 32.0 Å². The summed E-state index contributed by atoms with van der Waals surface area (Å²) < 4.78 is 11.1. The topological polar surface area (TPSA) is 84.9 Å². The van der Waals surface area contributed by atoms with Crippen LogP contribution in [0.3, 0.4) is 0 Å². The number of aliphatic carboxylic acids is 1. The fourth-order valence-electron chi connectivity index (χ4n) is 3.09. The van der Waals surface area contributed by atoms with Crippen molar-refractivity contribution in [3.05, 3.63) is 29.3 Å². The fourth-order valence-corrected chi connectivity index (χ4v) is 3.09. The Morgan fingerprint density at radius 1 is 1.35 bits per heavy atom. The first kappa shape index (κ1) is 20.2. The highest BCUT2D eigenvalue weighted by Crippen LogP contribution is 2.20. The number of benzene rings is 1. The van der Waals surface area contributed by atoms with Crippen molar-refractivity contribution < 1.29 is 24.2 Å². The number of unbranched alkanes of at least 4 members (excludes halogenated alkanes) is 1. The maximum atomic E-state index is 12.1. The van der Waals surface area contributed by atoms with Gasteiger partial charge in [-0.1, -0.05) is 12.1 Å². The van der Waals surface area contributed by atoms with E-state index < -0.39 is 12.0 Å². The van der Waals surface area contributed by atoms with Crippen molar-refractivity contribution in [3.63, 3.8) is 0 Å². The van der Waals surface area contributed by atoms with Crippen LogP contribution in [-0.4, -0.2) is 42.8 Å². The molecule has 26 heavy (non-hydrogen) atoms. The van der Waals surface area contributed by atoms with Gasteiger partial charge in [-0.15, -0.1) is 0 Å².